The maximum absolute atomic E-state index is 11.7. The minimum atomic E-state index is -3.05. The van der Waals surface area contributed by atoms with Crippen molar-refractivity contribution in [2.75, 3.05) is 65.2 Å². The van der Waals surface area contributed by atoms with Gasteiger partial charge >= 0.3 is 0 Å². The van der Waals surface area contributed by atoms with Crippen LogP contribution in [0, 0.1) is 11.8 Å². The van der Waals surface area contributed by atoms with Crippen LogP contribution in [0.2, 0.25) is 0 Å². The van der Waals surface area contributed by atoms with Crippen molar-refractivity contribution in [1.29, 1.82) is 0 Å². The Kier molecular flexibility index (Phi) is 10.4. The summed E-state index contributed by atoms with van der Waals surface area (Å²) >= 11 is 0. The third kappa shape index (κ3) is 7.81. The molecule has 3 aliphatic rings. The maximum Gasteiger partial charge on any atom is 0.211 e. The Bertz CT molecular complexity index is 616. The molecule has 1 N–H and O–H groups in total. The van der Waals surface area contributed by atoms with Gasteiger partial charge in [-0.05, 0) is 64.0 Å². The van der Waals surface area contributed by atoms with Gasteiger partial charge in [0.05, 0.1) is 6.26 Å². The first-order chi connectivity index (χ1) is 13.5. The first-order valence-electron chi connectivity index (χ1n) is 11.2. The molecule has 29 heavy (non-hydrogen) atoms. The highest BCUT2D eigenvalue weighted by Gasteiger charge is 2.28. The van der Waals surface area contributed by atoms with E-state index in [9.17, 15) is 8.42 Å². The summed E-state index contributed by atoms with van der Waals surface area (Å²) < 4.78 is 24.9. The highest BCUT2D eigenvalue weighted by molar-refractivity contribution is 14.0. The second-order valence-corrected chi connectivity index (χ2v) is 10.7. The number of aliphatic imine (C=N–C) groups is 1. The molecule has 0 bridgehead atoms. The van der Waals surface area contributed by atoms with Crippen LogP contribution in [0.5, 0.6) is 0 Å². The Hall–Kier alpha value is -0.130. The predicted octanol–water partition coefficient (Wildman–Crippen LogP) is 2.05. The Morgan fingerprint density at radius 3 is 2.28 bits per heavy atom. The summed E-state index contributed by atoms with van der Waals surface area (Å²) in [6, 6.07) is 0. The minimum Gasteiger partial charge on any atom is -0.357 e. The molecule has 7 nitrogen and oxygen atoms in total. The van der Waals surface area contributed by atoms with E-state index in [1.807, 2.05) is 0 Å². The third-order valence-corrected chi connectivity index (χ3v) is 7.73. The summed E-state index contributed by atoms with van der Waals surface area (Å²) in [5.74, 6) is 2.28. The van der Waals surface area contributed by atoms with Crippen LogP contribution in [-0.2, 0) is 10.0 Å². The second-order valence-electron chi connectivity index (χ2n) is 8.76. The lowest BCUT2D eigenvalue weighted by Crippen LogP contribution is -2.42. The van der Waals surface area contributed by atoms with Gasteiger partial charge in [0, 0.05) is 45.8 Å². The number of nitrogens with zero attached hydrogens (tertiary/aromatic N) is 4. The van der Waals surface area contributed by atoms with Crippen molar-refractivity contribution in [1.82, 2.24) is 19.4 Å². The lowest BCUT2D eigenvalue weighted by molar-refractivity contribution is 0.198. The van der Waals surface area contributed by atoms with Crippen molar-refractivity contribution in [3.8, 4) is 0 Å². The first-order valence-corrected chi connectivity index (χ1v) is 13.0. The summed E-state index contributed by atoms with van der Waals surface area (Å²) in [6.45, 7) is 11.1. The average Bonchev–Trinajstić information content (AvgIpc) is 3.14. The molecular formula is C20H40IN5O2S. The van der Waals surface area contributed by atoms with E-state index in [1.165, 1.54) is 51.6 Å². The van der Waals surface area contributed by atoms with Crippen LogP contribution < -0.4 is 5.32 Å². The van der Waals surface area contributed by atoms with Gasteiger partial charge in [-0.1, -0.05) is 6.42 Å². The lowest BCUT2D eigenvalue weighted by Gasteiger charge is -2.30. The van der Waals surface area contributed by atoms with Crippen molar-refractivity contribution in [3.05, 3.63) is 0 Å². The van der Waals surface area contributed by atoms with Gasteiger partial charge < -0.3 is 15.1 Å². The SMILES string of the molecule is CCNC(=NCC1CCN(S(C)(=O)=O)CC1)N1CCC(CN2CCCCC2)C1.I. The molecule has 1 atom stereocenters. The van der Waals surface area contributed by atoms with E-state index in [0.717, 1.165) is 50.9 Å². The van der Waals surface area contributed by atoms with E-state index in [0.29, 0.717) is 19.0 Å². The van der Waals surface area contributed by atoms with Gasteiger partial charge in [-0.25, -0.2) is 12.7 Å². The van der Waals surface area contributed by atoms with E-state index >= 15 is 0 Å². The summed E-state index contributed by atoms with van der Waals surface area (Å²) in [7, 11) is -3.05. The van der Waals surface area contributed by atoms with Crippen molar-refractivity contribution in [2.24, 2.45) is 16.8 Å². The minimum absolute atomic E-state index is 0. The number of likely N-dealkylation sites (tertiary alicyclic amines) is 2. The quantitative estimate of drug-likeness (QED) is 0.317. The molecule has 3 fully saturated rings. The Balaban J connectivity index is 0.00000300. The molecule has 3 saturated heterocycles. The van der Waals surface area contributed by atoms with Crippen LogP contribution in [0.1, 0.15) is 45.4 Å². The summed E-state index contributed by atoms with van der Waals surface area (Å²) in [6.07, 6.45) is 8.50. The second kappa shape index (κ2) is 12.0. The predicted molar refractivity (Wildman–Crippen MR) is 131 cm³/mol. The van der Waals surface area contributed by atoms with Gasteiger partial charge in [-0.3, -0.25) is 4.99 Å². The van der Waals surface area contributed by atoms with E-state index in [4.69, 9.17) is 4.99 Å². The Morgan fingerprint density at radius 1 is 1.00 bits per heavy atom. The van der Waals surface area contributed by atoms with Crippen LogP contribution in [0.3, 0.4) is 0 Å². The standard InChI is InChI=1S/C20H39N5O2S.HI/c1-3-21-20(22-15-18-8-13-25(14-9-18)28(2,26)27)24-12-7-19(17-24)16-23-10-5-4-6-11-23;/h18-19H,3-17H2,1-2H3,(H,21,22);1H. The molecule has 0 aliphatic carbocycles. The lowest BCUT2D eigenvalue weighted by atomic mass is 9.98. The number of hydrogen-bond donors (Lipinski definition) is 1. The third-order valence-electron chi connectivity index (χ3n) is 6.43. The van der Waals surface area contributed by atoms with Gasteiger partial charge in [0.1, 0.15) is 0 Å². The van der Waals surface area contributed by atoms with Crippen LogP contribution in [0.4, 0.5) is 0 Å². The smallest absolute Gasteiger partial charge is 0.211 e. The molecule has 0 amide bonds. The monoisotopic (exact) mass is 541 g/mol. The van der Waals surface area contributed by atoms with Crippen molar-refractivity contribution in [3.63, 3.8) is 0 Å². The van der Waals surface area contributed by atoms with Crippen molar-refractivity contribution < 1.29 is 8.42 Å². The topological polar surface area (TPSA) is 68.2 Å². The number of hydrogen-bond acceptors (Lipinski definition) is 4. The number of guanidine groups is 1. The fourth-order valence-electron chi connectivity index (χ4n) is 4.75. The first kappa shape index (κ1) is 25.1. The molecule has 170 valence electrons. The molecule has 0 aromatic carbocycles. The molecular weight excluding hydrogens is 501 g/mol. The largest absolute Gasteiger partial charge is 0.357 e. The van der Waals surface area contributed by atoms with Gasteiger partial charge in [0.2, 0.25) is 10.0 Å². The van der Waals surface area contributed by atoms with Crippen LogP contribution in [0.15, 0.2) is 4.99 Å². The zero-order chi connectivity index (χ0) is 20.0. The highest BCUT2D eigenvalue weighted by atomic mass is 127. The number of halogens is 1. The van der Waals surface area contributed by atoms with Crippen LogP contribution >= 0.6 is 24.0 Å². The number of piperidine rings is 2. The fourth-order valence-corrected chi connectivity index (χ4v) is 5.62. The van der Waals surface area contributed by atoms with E-state index in [1.54, 1.807) is 4.31 Å². The Morgan fingerprint density at radius 2 is 1.66 bits per heavy atom. The van der Waals surface area contributed by atoms with Gasteiger partial charge in [0.25, 0.3) is 0 Å². The molecule has 0 radical (unpaired) electrons. The molecule has 0 aromatic rings. The highest BCUT2D eigenvalue weighted by Crippen LogP contribution is 2.22. The van der Waals surface area contributed by atoms with Gasteiger partial charge in [-0.2, -0.15) is 0 Å². The zero-order valence-electron chi connectivity index (χ0n) is 18.2. The van der Waals surface area contributed by atoms with Gasteiger partial charge in [-0.15, -0.1) is 24.0 Å². The van der Waals surface area contributed by atoms with Crippen LogP contribution in [-0.4, -0.2) is 93.6 Å². The van der Waals surface area contributed by atoms with Gasteiger partial charge in [0.15, 0.2) is 5.96 Å². The van der Waals surface area contributed by atoms with Crippen LogP contribution in [0.25, 0.3) is 0 Å². The molecule has 9 heteroatoms. The molecule has 3 aliphatic heterocycles. The molecule has 0 saturated carbocycles. The number of rotatable bonds is 6. The number of nitrogens with one attached hydrogen (secondary N) is 1. The molecule has 3 rings (SSSR count). The van der Waals surface area contributed by atoms with E-state index in [2.05, 4.69) is 22.0 Å². The van der Waals surface area contributed by atoms with Crippen molar-refractivity contribution >= 4 is 40.0 Å². The Labute approximate surface area is 194 Å². The summed E-state index contributed by atoms with van der Waals surface area (Å²) in [5.41, 5.74) is 0. The molecule has 0 spiro atoms. The normalized spacial score (nSPS) is 25.8. The van der Waals surface area contributed by atoms with E-state index in [-0.39, 0.29) is 24.0 Å². The summed E-state index contributed by atoms with van der Waals surface area (Å²) in [5, 5.41) is 3.48. The summed E-state index contributed by atoms with van der Waals surface area (Å²) in [4.78, 5) is 10.0. The zero-order valence-corrected chi connectivity index (χ0v) is 21.3. The van der Waals surface area contributed by atoms with Crippen molar-refractivity contribution in [2.45, 2.75) is 45.4 Å². The van der Waals surface area contributed by atoms with E-state index < -0.39 is 10.0 Å². The molecule has 3 heterocycles. The molecule has 1 unspecified atom stereocenters. The fraction of sp³-hybridized carbons (Fsp3) is 0.950. The molecule has 0 aromatic heterocycles. The number of sulfonamides is 1. The maximum atomic E-state index is 11.7. The average molecular weight is 542 g/mol.